The van der Waals surface area contributed by atoms with E-state index in [0.717, 1.165) is 0 Å². The van der Waals surface area contributed by atoms with Crippen molar-refractivity contribution in [3.63, 3.8) is 0 Å². The summed E-state index contributed by atoms with van der Waals surface area (Å²) in [6.45, 7) is 20.0. The third kappa shape index (κ3) is 64.4. The molecule has 2 rings (SSSR count). The molecule has 3 heteroatoms. The summed E-state index contributed by atoms with van der Waals surface area (Å²) in [4.78, 5) is 0. The van der Waals surface area contributed by atoms with E-state index in [1.165, 1.54) is 0 Å². The molecule has 0 unspecified atom stereocenters. The van der Waals surface area contributed by atoms with Crippen LogP contribution in [0.1, 0.15) is 69.2 Å². The molecular formula is C23H43OY2-. The van der Waals surface area contributed by atoms with Gasteiger partial charge in [-0.2, -0.15) is 13.8 Å². The van der Waals surface area contributed by atoms with Crippen molar-refractivity contribution in [3.05, 3.63) is 73.2 Å². The third-order valence-corrected chi connectivity index (χ3v) is 1.42. The Kier molecular flexibility index (Phi) is 111. The summed E-state index contributed by atoms with van der Waals surface area (Å²) < 4.78 is 0. The number of rotatable bonds is 0. The van der Waals surface area contributed by atoms with E-state index in [-0.39, 0.29) is 65.4 Å². The fourth-order valence-electron chi connectivity index (χ4n) is 0.813. The zero-order valence-corrected chi connectivity index (χ0v) is 24.7. The van der Waals surface area contributed by atoms with E-state index in [1.54, 1.807) is 24.3 Å². The second kappa shape index (κ2) is 63.7. The third-order valence-electron chi connectivity index (χ3n) is 1.42. The van der Waals surface area contributed by atoms with Gasteiger partial charge in [-0.25, -0.2) is 0 Å². The SMILES string of the molecule is CC.CC.CC.CC.C[CH-]C.Oc1ccccc1.[Y].[Y].c1ccccc1. The predicted molar refractivity (Wildman–Crippen MR) is 116 cm³/mol. The van der Waals surface area contributed by atoms with Gasteiger partial charge in [0, 0.05) is 65.4 Å². The molecule has 0 saturated carbocycles. The average Bonchev–Trinajstić information content (AvgIpc) is 2.71. The number of hydrogen-bond acceptors (Lipinski definition) is 1. The molecule has 0 heterocycles. The second-order valence-electron chi connectivity index (χ2n) is 3.07. The minimum Gasteiger partial charge on any atom is -0.508 e. The summed E-state index contributed by atoms with van der Waals surface area (Å²) >= 11 is 0. The van der Waals surface area contributed by atoms with Gasteiger partial charge in [-0.3, -0.25) is 0 Å². The Labute approximate surface area is 216 Å². The van der Waals surface area contributed by atoms with E-state index < -0.39 is 0 Å². The van der Waals surface area contributed by atoms with E-state index in [2.05, 4.69) is 0 Å². The molecular weight excluding hydrogens is 470 g/mol. The van der Waals surface area contributed by atoms with Crippen molar-refractivity contribution in [1.29, 1.82) is 0 Å². The Morgan fingerprint density at radius 1 is 0.500 bits per heavy atom. The van der Waals surface area contributed by atoms with Gasteiger partial charge >= 0.3 is 0 Å². The van der Waals surface area contributed by atoms with Crippen LogP contribution in [0.25, 0.3) is 0 Å². The van der Waals surface area contributed by atoms with Gasteiger partial charge in [0.15, 0.2) is 0 Å². The maximum atomic E-state index is 8.63. The molecule has 0 fully saturated rings. The van der Waals surface area contributed by atoms with E-state index in [9.17, 15) is 0 Å². The zero-order valence-electron chi connectivity index (χ0n) is 19.0. The molecule has 148 valence electrons. The molecule has 0 atom stereocenters. The van der Waals surface area contributed by atoms with Crippen molar-refractivity contribution in [2.45, 2.75) is 69.2 Å². The average molecular weight is 513 g/mol. The molecule has 0 aliphatic rings. The minimum absolute atomic E-state index is 0. The summed E-state index contributed by atoms with van der Waals surface area (Å²) in [5.41, 5.74) is 0. The van der Waals surface area contributed by atoms with Crippen LogP contribution in [-0.4, -0.2) is 5.11 Å². The van der Waals surface area contributed by atoms with Crippen molar-refractivity contribution < 1.29 is 70.5 Å². The molecule has 1 nitrogen and oxygen atoms in total. The van der Waals surface area contributed by atoms with Crippen molar-refractivity contribution in [2.75, 3.05) is 0 Å². The number of benzene rings is 2. The molecule has 0 aliphatic carbocycles. The van der Waals surface area contributed by atoms with Gasteiger partial charge in [0.25, 0.3) is 0 Å². The molecule has 0 amide bonds. The van der Waals surface area contributed by atoms with Crippen LogP contribution in [0.5, 0.6) is 5.75 Å². The Morgan fingerprint density at radius 3 is 0.769 bits per heavy atom. The van der Waals surface area contributed by atoms with Gasteiger partial charge in [-0.15, -0.1) is 0 Å². The molecule has 2 aromatic rings. The largest absolute Gasteiger partial charge is 0.508 e. The molecule has 0 bridgehead atoms. The maximum absolute atomic E-state index is 8.63. The molecule has 0 aliphatic heterocycles. The summed E-state index contributed by atoms with van der Waals surface area (Å²) in [6, 6.07) is 20.7. The van der Waals surface area contributed by atoms with Gasteiger partial charge in [-0.1, -0.05) is 110 Å². The van der Waals surface area contributed by atoms with Crippen LogP contribution in [0, 0.1) is 6.42 Å². The number of aromatic hydroxyl groups is 1. The first kappa shape index (κ1) is 45.3. The normalized spacial score (nSPS) is 5.77. The van der Waals surface area contributed by atoms with Gasteiger partial charge in [-0.05, 0) is 12.1 Å². The predicted octanol–water partition coefficient (Wildman–Crippen LogP) is 8.41. The van der Waals surface area contributed by atoms with Crippen LogP contribution < -0.4 is 0 Å². The monoisotopic (exact) mass is 513 g/mol. The Bertz CT molecular complexity index is 300. The van der Waals surface area contributed by atoms with Crippen LogP contribution in [0.4, 0.5) is 0 Å². The van der Waals surface area contributed by atoms with Gasteiger partial charge in [0.2, 0.25) is 0 Å². The smallest absolute Gasteiger partial charge is 0.115 e. The number of phenols is 1. The van der Waals surface area contributed by atoms with Gasteiger partial charge in [0.05, 0.1) is 0 Å². The quantitative estimate of drug-likeness (QED) is 0.351. The Hall–Kier alpha value is 0.448. The van der Waals surface area contributed by atoms with E-state index >= 15 is 0 Å². The van der Waals surface area contributed by atoms with Gasteiger partial charge < -0.3 is 11.5 Å². The van der Waals surface area contributed by atoms with Crippen molar-refractivity contribution in [2.24, 2.45) is 0 Å². The number of para-hydroxylation sites is 1. The molecule has 0 spiro atoms. The molecule has 2 aromatic carbocycles. The fourth-order valence-corrected chi connectivity index (χ4v) is 0.813. The summed E-state index contributed by atoms with van der Waals surface area (Å²) in [5, 5.41) is 8.63. The fraction of sp³-hybridized carbons (Fsp3) is 0.435. The number of phenolic OH excluding ortho intramolecular Hbond substituents is 1. The van der Waals surface area contributed by atoms with Crippen LogP contribution >= 0.6 is 0 Å². The summed E-state index contributed by atoms with van der Waals surface area (Å²) in [6.07, 6.45) is 2.00. The van der Waals surface area contributed by atoms with Crippen LogP contribution in [0.2, 0.25) is 0 Å². The first-order chi connectivity index (χ1) is 11.8. The standard InChI is InChI=1S/C6H6O.C6H6.C3H7.4C2H6.2Y/c7-6-4-2-1-3-5-6;1-2-4-6-5-3-1;1-3-2;4*1-2;;/h1-5,7H;1-6H;3H,1-2H3;4*1-2H3;;/q;;-1;;;;;;. The molecule has 0 aromatic heterocycles. The van der Waals surface area contributed by atoms with Crippen molar-refractivity contribution in [1.82, 2.24) is 0 Å². The van der Waals surface area contributed by atoms with E-state index in [1.807, 2.05) is 118 Å². The minimum atomic E-state index is 0. The number of hydrogen-bond donors (Lipinski definition) is 1. The maximum Gasteiger partial charge on any atom is 0.115 e. The first-order valence-corrected chi connectivity index (χ1v) is 9.29. The summed E-state index contributed by atoms with van der Waals surface area (Å²) in [5.74, 6) is 0.322. The second-order valence-corrected chi connectivity index (χ2v) is 3.07. The van der Waals surface area contributed by atoms with Gasteiger partial charge in [0.1, 0.15) is 5.75 Å². The molecule has 1 N–H and O–H groups in total. The van der Waals surface area contributed by atoms with Crippen LogP contribution in [0.15, 0.2) is 66.7 Å². The Morgan fingerprint density at radius 2 is 0.654 bits per heavy atom. The van der Waals surface area contributed by atoms with Crippen LogP contribution in [-0.2, 0) is 65.4 Å². The summed E-state index contributed by atoms with van der Waals surface area (Å²) in [7, 11) is 0. The van der Waals surface area contributed by atoms with Crippen molar-refractivity contribution in [3.8, 4) is 5.75 Å². The van der Waals surface area contributed by atoms with Crippen molar-refractivity contribution >= 4 is 0 Å². The van der Waals surface area contributed by atoms with E-state index in [0.29, 0.717) is 5.75 Å². The van der Waals surface area contributed by atoms with E-state index in [4.69, 9.17) is 5.11 Å². The zero-order chi connectivity index (χ0) is 20.1. The first-order valence-electron chi connectivity index (χ1n) is 9.29. The molecule has 2 radical (unpaired) electrons. The molecule has 0 saturated heterocycles. The van der Waals surface area contributed by atoms with Crippen LogP contribution in [0.3, 0.4) is 0 Å². The molecule has 26 heavy (non-hydrogen) atoms. The topological polar surface area (TPSA) is 20.2 Å². The Balaban J connectivity index is -0.0000000350.